The van der Waals surface area contributed by atoms with Gasteiger partial charge in [-0.25, -0.2) is 4.39 Å². The van der Waals surface area contributed by atoms with Gasteiger partial charge in [0.1, 0.15) is 5.82 Å². The van der Waals surface area contributed by atoms with E-state index in [9.17, 15) is 9.50 Å². The molecule has 1 atom stereocenters. The zero-order chi connectivity index (χ0) is 14.1. The molecule has 0 bridgehead atoms. The number of hydrogen-bond donors (Lipinski definition) is 2. The summed E-state index contributed by atoms with van der Waals surface area (Å²) in [6.45, 7) is 6.46. The Morgan fingerprint density at radius 1 is 1.21 bits per heavy atom. The first kappa shape index (κ1) is 16.1. The summed E-state index contributed by atoms with van der Waals surface area (Å²) in [5, 5.41) is 12.8. The summed E-state index contributed by atoms with van der Waals surface area (Å²) >= 11 is 0. The lowest BCUT2D eigenvalue weighted by Gasteiger charge is -2.13. The van der Waals surface area contributed by atoms with E-state index in [2.05, 4.69) is 19.2 Å². The number of halogens is 1. The summed E-state index contributed by atoms with van der Waals surface area (Å²) in [5.41, 5.74) is 1.08. The van der Waals surface area contributed by atoms with Gasteiger partial charge in [0.25, 0.3) is 0 Å². The van der Waals surface area contributed by atoms with Crippen LogP contribution < -0.4 is 5.32 Å². The fourth-order valence-electron chi connectivity index (χ4n) is 1.65. The van der Waals surface area contributed by atoms with Gasteiger partial charge in [0.15, 0.2) is 0 Å². The third kappa shape index (κ3) is 7.93. The van der Waals surface area contributed by atoms with Crippen LogP contribution in [-0.2, 0) is 11.2 Å². The van der Waals surface area contributed by atoms with Crippen molar-refractivity contribution in [2.45, 2.75) is 26.4 Å². The van der Waals surface area contributed by atoms with Gasteiger partial charge in [-0.2, -0.15) is 0 Å². The Morgan fingerprint density at radius 2 is 1.89 bits per heavy atom. The molecular weight excluding hydrogens is 245 g/mol. The fraction of sp³-hybridized carbons (Fsp3) is 0.600. The first-order valence-corrected chi connectivity index (χ1v) is 6.79. The molecule has 2 N–H and O–H groups in total. The first-order chi connectivity index (χ1) is 9.08. The number of nitrogens with one attached hydrogen (secondary N) is 1. The minimum atomic E-state index is -0.480. The average Bonchev–Trinajstić information content (AvgIpc) is 2.36. The molecule has 0 heterocycles. The molecule has 1 aromatic rings. The van der Waals surface area contributed by atoms with E-state index < -0.39 is 6.10 Å². The van der Waals surface area contributed by atoms with Crippen LogP contribution in [-0.4, -0.2) is 37.5 Å². The van der Waals surface area contributed by atoms with Crippen molar-refractivity contribution >= 4 is 0 Å². The number of aliphatic hydroxyl groups is 1. The molecule has 1 unspecified atom stereocenters. The highest BCUT2D eigenvalue weighted by atomic mass is 19.1. The molecule has 0 amide bonds. The van der Waals surface area contributed by atoms with Crippen LogP contribution in [0.2, 0.25) is 0 Å². The molecule has 0 spiro atoms. The highest BCUT2D eigenvalue weighted by molar-refractivity contribution is 5.16. The zero-order valence-corrected chi connectivity index (χ0v) is 11.7. The van der Waals surface area contributed by atoms with Crippen LogP contribution in [0.5, 0.6) is 0 Å². The summed E-state index contributed by atoms with van der Waals surface area (Å²) in [6.07, 6.45) is 0.340. The molecule has 0 aliphatic rings. The topological polar surface area (TPSA) is 41.5 Å². The quantitative estimate of drug-likeness (QED) is 0.674. The molecule has 1 rings (SSSR count). The second-order valence-electron chi connectivity index (χ2n) is 5.17. The second-order valence-corrected chi connectivity index (χ2v) is 5.17. The van der Waals surface area contributed by atoms with Crippen molar-refractivity contribution in [2.75, 3.05) is 26.3 Å². The summed E-state index contributed by atoms with van der Waals surface area (Å²) in [7, 11) is 0. The molecule has 0 saturated heterocycles. The zero-order valence-electron chi connectivity index (χ0n) is 11.7. The van der Waals surface area contributed by atoms with Crippen LogP contribution in [0.1, 0.15) is 19.4 Å². The van der Waals surface area contributed by atoms with Gasteiger partial charge in [-0.1, -0.05) is 26.0 Å². The third-order valence-corrected chi connectivity index (χ3v) is 2.65. The third-order valence-electron chi connectivity index (χ3n) is 2.65. The predicted octanol–water partition coefficient (Wildman–Crippen LogP) is 1.99. The van der Waals surface area contributed by atoms with Crippen LogP contribution >= 0.6 is 0 Å². The number of benzene rings is 1. The Hall–Kier alpha value is -0.970. The number of ether oxygens (including phenoxy) is 1. The maximum absolute atomic E-state index is 12.7. The SMILES string of the molecule is CC(C)COCC(O)CNCCc1ccc(F)cc1. The maximum Gasteiger partial charge on any atom is 0.123 e. The van der Waals surface area contributed by atoms with E-state index in [0.717, 1.165) is 18.5 Å². The standard InChI is InChI=1S/C15H24FNO2/c1-12(2)10-19-11-15(18)9-17-8-7-13-3-5-14(16)6-4-13/h3-6,12,15,17-18H,7-11H2,1-2H3. The van der Waals surface area contributed by atoms with Gasteiger partial charge in [-0.15, -0.1) is 0 Å². The molecule has 0 aliphatic carbocycles. The monoisotopic (exact) mass is 269 g/mol. The van der Waals surface area contributed by atoms with Crippen molar-refractivity contribution in [3.05, 3.63) is 35.6 Å². The van der Waals surface area contributed by atoms with Gasteiger partial charge in [0.2, 0.25) is 0 Å². The molecule has 0 radical (unpaired) electrons. The average molecular weight is 269 g/mol. The molecule has 3 nitrogen and oxygen atoms in total. The number of aliphatic hydroxyl groups excluding tert-OH is 1. The van der Waals surface area contributed by atoms with Crippen molar-refractivity contribution < 1.29 is 14.2 Å². The molecule has 4 heteroatoms. The Balaban J connectivity index is 2.05. The predicted molar refractivity (Wildman–Crippen MR) is 74.6 cm³/mol. The molecular formula is C15H24FNO2. The highest BCUT2D eigenvalue weighted by Gasteiger charge is 2.04. The van der Waals surface area contributed by atoms with Crippen molar-refractivity contribution in [3.63, 3.8) is 0 Å². The summed E-state index contributed by atoms with van der Waals surface area (Å²) in [6, 6.07) is 6.48. The van der Waals surface area contributed by atoms with Gasteiger partial charge >= 0.3 is 0 Å². The van der Waals surface area contributed by atoms with E-state index in [1.807, 2.05) is 0 Å². The van der Waals surface area contributed by atoms with E-state index >= 15 is 0 Å². The summed E-state index contributed by atoms with van der Waals surface area (Å²) < 4.78 is 18.0. The lowest BCUT2D eigenvalue weighted by Crippen LogP contribution is -2.32. The Labute approximate surface area is 114 Å². The van der Waals surface area contributed by atoms with Crippen molar-refractivity contribution in [2.24, 2.45) is 5.92 Å². The second kappa shape index (κ2) is 9.02. The molecule has 108 valence electrons. The van der Waals surface area contributed by atoms with Crippen LogP contribution in [0.15, 0.2) is 24.3 Å². The lowest BCUT2D eigenvalue weighted by molar-refractivity contribution is 0.0263. The van der Waals surface area contributed by atoms with Crippen LogP contribution in [0.3, 0.4) is 0 Å². The smallest absolute Gasteiger partial charge is 0.123 e. The molecule has 0 fully saturated rings. The maximum atomic E-state index is 12.7. The van der Waals surface area contributed by atoms with E-state index in [0.29, 0.717) is 25.7 Å². The minimum Gasteiger partial charge on any atom is -0.389 e. The minimum absolute atomic E-state index is 0.213. The normalized spacial score (nSPS) is 12.9. The van der Waals surface area contributed by atoms with Gasteiger partial charge in [0, 0.05) is 13.2 Å². The largest absolute Gasteiger partial charge is 0.389 e. The van der Waals surface area contributed by atoms with E-state index in [-0.39, 0.29) is 5.82 Å². The Bertz CT molecular complexity index is 341. The van der Waals surface area contributed by atoms with E-state index in [4.69, 9.17) is 4.74 Å². The van der Waals surface area contributed by atoms with Crippen LogP contribution in [0.4, 0.5) is 4.39 Å². The Kier molecular flexibility index (Phi) is 7.63. The van der Waals surface area contributed by atoms with Crippen molar-refractivity contribution in [1.29, 1.82) is 0 Å². The van der Waals surface area contributed by atoms with Gasteiger partial charge < -0.3 is 15.2 Å². The van der Waals surface area contributed by atoms with E-state index in [1.54, 1.807) is 12.1 Å². The molecule has 0 aromatic heterocycles. The molecule has 19 heavy (non-hydrogen) atoms. The number of rotatable bonds is 9. The van der Waals surface area contributed by atoms with Crippen molar-refractivity contribution in [3.8, 4) is 0 Å². The van der Waals surface area contributed by atoms with Crippen LogP contribution in [0.25, 0.3) is 0 Å². The van der Waals surface area contributed by atoms with Crippen molar-refractivity contribution in [1.82, 2.24) is 5.32 Å². The number of hydrogen-bond acceptors (Lipinski definition) is 3. The molecule has 1 aromatic carbocycles. The first-order valence-electron chi connectivity index (χ1n) is 6.79. The molecule has 0 aliphatic heterocycles. The molecule has 0 saturated carbocycles. The summed E-state index contributed by atoms with van der Waals surface area (Å²) in [4.78, 5) is 0. The highest BCUT2D eigenvalue weighted by Crippen LogP contribution is 2.02. The van der Waals surface area contributed by atoms with Gasteiger partial charge in [0.05, 0.1) is 12.7 Å². The Morgan fingerprint density at radius 3 is 2.53 bits per heavy atom. The van der Waals surface area contributed by atoms with Gasteiger partial charge in [-0.3, -0.25) is 0 Å². The van der Waals surface area contributed by atoms with Gasteiger partial charge in [-0.05, 0) is 36.6 Å². The van der Waals surface area contributed by atoms with E-state index in [1.165, 1.54) is 12.1 Å². The van der Waals surface area contributed by atoms with Crippen LogP contribution in [0, 0.1) is 11.7 Å². The lowest BCUT2D eigenvalue weighted by atomic mass is 10.1. The fourth-order valence-corrected chi connectivity index (χ4v) is 1.65. The summed E-state index contributed by atoms with van der Waals surface area (Å²) in [5.74, 6) is 0.271.